The number of amides is 1. The van der Waals surface area contributed by atoms with Crippen LogP contribution in [0.5, 0.6) is 17.2 Å². The fourth-order valence-electron chi connectivity index (χ4n) is 3.07. The van der Waals surface area contributed by atoms with E-state index < -0.39 is 0 Å². The maximum atomic E-state index is 12.9. The number of benzene rings is 2. The molecule has 0 aliphatic heterocycles. The van der Waals surface area contributed by atoms with E-state index in [0.717, 1.165) is 22.4 Å². The van der Waals surface area contributed by atoms with Gasteiger partial charge in [0.25, 0.3) is 5.91 Å². The van der Waals surface area contributed by atoms with Gasteiger partial charge in [0.05, 0.1) is 21.3 Å². The first-order chi connectivity index (χ1) is 13.5. The van der Waals surface area contributed by atoms with Crippen molar-refractivity contribution in [3.63, 3.8) is 0 Å². The first-order valence-corrected chi connectivity index (χ1v) is 8.71. The molecule has 146 valence electrons. The van der Waals surface area contributed by atoms with Crippen molar-refractivity contribution in [2.75, 3.05) is 26.6 Å². The van der Waals surface area contributed by atoms with E-state index in [4.69, 9.17) is 14.2 Å². The Morgan fingerprint density at radius 1 is 1.00 bits per heavy atom. The van der Waals surface area contributed by atoms with Crippen LogP contribution in [0.15, 0.2) is 36.4 Å². The van der Waals surface area contributed by atoms with Crippen LogP contribution in [0.1, 0.15) is 21.6 Å². The van der Waals surface area contributed by atoms with Crippen molar-refractivity contribution in [3.05, 3.63) is 53.2 Å². The van der Waals surface area contributed by atoms with Gasteiger partial charge in [0.1, 0.15) is 0 Å². The van der Waals surface area contributed by atoms with Gasteiger partial charge in [0, 0.05) is 16.8 Å². The van der Waals surface area contributed by atoms with Gasteiger partial charge >= 0.3 is 0 Å². The molecular weight excluding hydrogens is 358 g/mol. The molecule has 7 heteroatoms. The van der Waals surface area contributed by atoms with E-state index in [1.54, 1.807) is 12.1 Å². The van der Waals surface area contributed by atoms with E-state index in [9.17, 15) is 4.79 Å². The minimum absolute atomic E-state index is 0.334. The molecule has 2 aromatic carbocycles. The van der Waals surface area contributed by atoms with Gasteiger partial charge in [-0.05, 0) is 31.5 Å². The number of aryl methyl sites for hydroxylation is 2. The number of carbonyl (C=O) groups excluding carboxylic acids is 1. The maximum absolute atomic E-state index is 12.9. The van der Waals surface area contributed by atoms with Crippen LogP contribution in [-0.4, -0.2) is 37.4 Å². The number of methoxy groups -OCH3 is 3. The second-order valence-electron chi connectivity index (χ2n) is 6.31. The van der Waals surface area contributed by atoms with Crippen LogP contribution in [-0.2, 0) is 0 Å². The largest absolute Gasteiger partial charge is 0.493 e. The van der Waals surface area contributed by atoms with Crippen LogP contribution in [0.4, 0.5) is 5.82 Å². The summed E-state index contributed by atoms with van der Waals surface area (Å²) in [6.45, 7) is 3.94. The van der Waals surface area contributed by atoms with E-state index >= 15 is 0 Å². The summed E-state index contributed by atoms with van der Waals surface area (Å²) in [6, 6.07) is 11.2. The van der Waals surface area contributed by atoms with E-state index in [1.807, 2.05) is 38.1 Å². The first-order valence-electron chi connectivity index (χ1n) is 8.71. The van der Waals surface area contributed by atoms with Gasteiger partial charge < -0.3 is 19.5 Å². The fourth-order valence-corrected chi connectivity index (χ4v) is 3.07. The molecule has 1 amide bonds. The topological polar surface area (TPSA) is 85.5 Å². The molecule has 7 nitrogen and oxygen atoms in total. The predicted octanol–water partition coefficient (Wildman–Crippen LogP) is 3.97. The molecule has 1 heterocycles. The van der Waals surface area contributed by atoms with Crippen molar-refractivity contribution >= 4 is 11.7 Å². The molecule has 0 aliphatic carbocycles. The maximum Gasteiger partial charge on any atom is 0.257 e. The standard InChI is InChI=1S/C21H23N3O4/c1-12-7-6-8-14(9-12)18-13(2)23-24-20(18)22-21(25)15-10-16(26-3)19(28-5)17(11-15)27-4/h6-11H,1-5H3,(H2,22,23,24,25). The molecule has 0 unspecified atom stereocenters. The number of carbonyl (C=O) groups is 1. The number of ether oxygens (including phenoxy) is 3. The Kier molecular flexibility index (Phi) is 5.54. The quantitative estimate of drug-likeness (QED) is 0.675. The monoisotopic (exact) mass is 381 g/mol. The summed E-state index contributed by atoms with van der Waals surface area (Å²) in [5, 5.41) is 10.1. The molecule has 1 aromatic heterocycles. The Labute approximate surface area is 163 Å². The Bertz CT molecular complexity index is 986. The smallest absolute Gasteiger partial charge is 0.257 e. The van der Waals surface area contributed by atoms with Crippen LogP contribution in [0.3, 0.4) is 0 Å². The number of H-pyrrole nitrogens is 1. The summed E-state index contributed by atoms with van der Waals surface area (Å²) in [5.74, 6) is 1.37. The number of hydrogen-bond acceptors (Lipinski definition) is 5. The lowest BCUT2D eigenvalue weighted by molar-refractivity contribution is 0.102. The summed E-state index contributed by atoms with van der Waals surface area (Å²) in [5.41, 5.74) is 4.19. The van der Waals surface area contributed by atoms with Crippen molar-refractivity contribution in [3.8, 4) is 28.4 Å². The third-order valence-corrected chi connectivity index (χ3v) is 4.41. The third-order valence-electron chi connectivity index (χ3n) is 4.41. The Morgan fingerprint density at radius 2 is 1.68 bits per heavy atom. The summed E-state index contributed by atoms with van der Waals surface area (Å²) in [6.07, 6.45) is 0. The fraction of sp³-hybridized carbons (Fsp3) is 0.238. The summed E-state index contributed by atoms with van der Waals surface area (Å²) < 4.78 is 16.0. The number of hydrogen-bond donors (Lipinski definition) is 2. The minimum Gasteiger partial charge on any atom is -0.493 e. The van der Waals surface area contributed by atoms with Gasteiger partial charge in [-0.25, -0.2) is 0 Å². The number of anilines is 1. The van der Waals surface area contributed by atoms with E-state index in [2.05, 4.69) is 15.5 Å². The van der Waals surface area contributed by atoms with Crippen molar-refractivity contribution in [2.24, 2.45) is 0 Å². The molecule has 0 saturated heterocycles. The zero-order valence-electron chi connectivity index (χ0n) is 16.5. The molecule has 28 heavy (non-hydrogen) atoms. The number of nitrogens with one attached hydrogen (secondary N) is 2. The molecule has 0 spiro atoms. The summed E-state index contributed by atoms with van der Waals surface area (Å²) in [7, 11) is 4.53. The second-order valence-corrected chi connectivity index (χ2v) is 6.31. The third kappa shape index (κ3) is 3.64. The van der Waals surface area contributed by atoms with Gasteiger partial charge in [0.2, 0.25) is 5.75 Å². The summed E-state index contributed by atoms with van der Waals surface area (Å²) >= 11 is 0. The van der Waals surface area contributed by atoms with Crippen molar-refractivity contribution in [1.29, 1.82) is 0 Å². The molecule has 0 aliphatic rings. The average molecular weight is 381 g/mol. The number of aromatic amines is 1. The lowest BCUT2D eigenvalue weighted by atomic mass is 10.0. The highest BCUT2D eigenvalue weighted by Gasteiger charge is 2.20. The van der Waals surface area contributed by atoms with E-state index in [1.165, 1.54) is 21.3 Å². The SMILES string of the molecule is COc1cc(C(=O)Nc2n[nH]c(C)c2-c2cccc(C)c2)cc(OC)c1OC. The lowest BCUT2D eigenvalue weighted by Gasteiger charge is -2.14. The molecule has 0 fully saturated rings. The highest BCUT2D eigenvalue weighted by atomic mass is 16.5. The predicted molar refractivity (Wildman–Crippen MR) is 108 cm³/mol. The molecule has 3 rings (SSSR count). The van der Waals surface area contributed by atoms with Gasteiger partial charge in [-0.2, -0.15) is 5.10 Å². The molecule has 0 atom stereocenters. The Morgan fingerprint density at radius 3 is 2.25 bits per heavy atom. The zero-order valence-corrected chi connectivity index (χ0v) is 16.5. The number of aromatic nitrogens is 2. The van der Waals surface area contributed by atoms with Crippen LogP contribution >= 0.6 is 0 Å². The van der Waals surface area contributed by atoms with Crippen LogP contribution in [0.2, 0.25) is 0 Å². The average Bonchev–Trinajstić information content (AvgIpc) is 3.06. The van der Waals surface area contributed by atoms with Gasteiger partial charge in [-0.1, -0.05) is 29.8 Å². The Hall–Kier alpha value is -3.48. The zero-order chi connectivity index (χ0) is 20.3. The van der Waals surface area contributed by atoms with Crippen LogP contribution < -0.4 is 19.5 Å². The second kappa shape index (κ2) is 8.04. The minimum atomic E-state index is -0.334. The normalized spacial score (nSPS) is 10.5. The van der Waals surface area contributed by atoms with Gasteiger partial charge in [-0.15, -0.1) is 0 Å². The molecular formula is C21H23N3O4. The molecule has 0 radical (unpaired) electrons. The molecule has 2 N–H and O–H groups in total. The highest BCUT2D eigenvalue weighted by Crippen LogP contribution is 2.38. The summed E-state index contributed by atoms with van der Waals surface area (Å²) in [4.78, 5) is 12.9. The van der Waals surface area contributed by atoms with Crippen molar-refractivity contribution in [1.82, 2.24) is 10.2 Å². The van der Waals surface area contributed by atoms with Crippen LogP contribution in [0.25, 0.3) is 11.1 Å². The van der Waals surface area contributed by atoms with Crippen molar-refractivity contribution in [2.45, 2.75) is 13.8 Å². The number of rotatable bonds is 6. The Balaban J connectivity index is 1.97. The van der Waals surface area contributed by atoms with E-state index in [-0.39, 0.29) is 5.91 Å². The van der Waals surface area contributed by atoms with Gasteiger partial charge in [-0.3, -0.25) is 9.89 Å². The van der Waals surface area contributed by atoms with Gasteiger partial charge in [0.15, 0.2) is 17.3 Å². The van der Waals surface area contributed by atoms with E-state index in [0.29, 0.717) is 28.6 Å². The lowest BCUT2D eigenvalue weighted by Crippen LogP contribution is -2.13. The molecule has 0 saturated carbocycles. The van der Waals surface area contributed by atoms with Crippen molar-refractivity contribution < 1.29 is 19.0 Å². The molecule has 0 bridgehead atoms. The first kappa shape index (κ1) is 19.3. The number of nitrogens with zero attached hydrogens (tertiary/aromatic N) is 1. The highest BCUT2D eigenvalue weighted by molar-refractivity contribution is 6.06. The van der Waals surface area contributed by atoms with Crippen LogP contribution in [0, 0.1) is 13.8 Å². The molecule has 3 aromatic rings.